The van der Waals surface area contributed by atoms with E-state index in [-0.39, 0.29) is 11.3 Å². The van der Waals surface area contributed by atoms with Gasteiger partial charge in [0, 0.05) is 11.1 Å². The van der Waals surface area contributed by atoms with Gasteiger partial charge in [0.15, 0.2) is 0 Å². The zero-order valence-electron chi connectivity index (χ0n) is 5.23. The van der Waals surface area contributed by atoms with Crippen LogP contribution in [0.3, 0.4) is 0 Å². The Balaban J connectivity index is 3.49. The van der Waals surface area contributed by atoms with Crippen LogP contribution in [0.25, 0.3) is 0 Å². The lowest BCUT2D eigenvalue weighted by Crippen LogP contribution is -2.42. The highest BCUT2D eigenvalue weighted by atomic mass is 32.1. The molecule has 0 saturated carbocycles. The number of rotatable bonds is 3. The molecule has 0 aliphatic heterocycles. The molecule has 0 radical (unpaired) electrons. The van der Waals surface area contributed by atoms with Gasteiger partial charge in [-0.25, -0.2) is 5.43 Å². The predicted octanol–water partition coefficient (Wildman–Crippen LogP) is -1.18. The number of aliphatic imine (C=N–C) groups is 1. The van der Waals surface area contributed by atoms with Crippen LogP contribution in [0, 0.1) is 0 Å². The summed E-state index contributed by atoms with van der Waals surface area (Å²) < 4.78 is 0. The molecule has 6 nitrogen and oxygen atoms in total. The van der Waals surface area contributed by atoms with Gasteiger partial charge in [-0.15, -0.1) is 0 Å². The molecule has 0 unspecified atom stereocenters. The number of thiol groups is 1. The Bertz CT molecular complexity index is 117. The first-order valence-corrected chi connectivity index (χ1v) is 3.15. The topological polar surface area (TPSA) is 94.1 Å². The van der Waals surface area contributed by atoms with Gasteiger partial charge in [0.05, 0.1) is 6.54 Å². The van der Waals surface area contributed by atoms with Gasteiger partial charge in [0.25, 0.3) is 0 Å². The molecular formula is C3H10N4O2S. The molecule has 0 aliphatic rings. The molecule has 5 N–H and O–H groups in total. The third-order valence-electron chi connectivity index (χ3n) is 0.597. The van der Waals surface area contributed by atoms with Gasteiger partial charge in [0.2, 0.25) is 5.96 Å². The summed E-state index contributed by atoms with van der Waals surface area (Å²) in [6.07, 6.45) is 0. The molecule has 10 heavy (non-hydrogen) atoms. The van der Waals surface area contributed by atoms with Crippen LogP contribution in [0.1, 0.15) is 0 Å². The number of hydrogen-bond acceptors (Lipinski definition) is 5. The Kier molecular flexibility index (Phi) is 5.03. The van der Waals surface area contributed by atoms with Crippen LogP contribution in [0.15, 0.2) is 4.99 Å². The summed E-state index contributed by atoms with van der Waals surface area (Å²) in [7, 11) is 0. The van der Waals surface area contributed by atoms with Crippen molar-refractivity contribution in [3.05, 3.63) is 0 Å². The van der Waals surface area contributed by atoms with E-state index in [0.717, 1.165) is 0 Å². The Hall–Kier alpha value is -0.500. The number of nitrogens with zero attached hydrogens (tertiary/aromatic N) is 2. The van der Waals surface area contributed by atoms with E-state index >= 15 is 0 Å². The lowest BCUT2D eigenvalue weighted by Gasteiger charge is -2.06. The first-order valence-electron chi connectivity index (χ1n) is 2.52. The summed E-state index contributed by atoms with van der Waals surface area (Å²) in [5, 5.41) is 16.0. The number of guanidine groups is 1. The molecule has 0 saturated heterocycles. The van der Waals surface area contributed by atoms with E-state index in [1.54, 1.807) is 0 Å². The van der Waals surface area contributed by atoms with E-state index in [0.29, 0.717) is 12.3 Å². The standard InChI is InChI=1S/C3H10N4O2S/c4-3(5-1-2-10)6-7(8)9/h8-10H,1-2H2,(H3,4,5,6). The molecule has 0 spiro atoms. The molecule has 0 aromatic carbocycles. The van der Waals surface area contributed by atoms with Gasteiger partial charge in [-0.3, -0.25) is 15.4 Å². The van der Waals surface area contributed by atoms with E-state index in [4.69, 9.17) is 16.1 Å². The number of hydrogen-bond donors (Lipinski definition) is 5. The highest BCUT2D eigenvalue weighted by Gasteiger charge is 1.92. The summed E-state index contributed by atoms with van der Waals surface area (Å²) in [5.74, 6) is 0.484. The molecule has 0 amide bonds. The zero-order valence-corrected chi connectivity index (χ0v) is 6.12. The smallest absolute Gasteiger partial charge is 0.207 e. The molecule has 0 fully saturated rings. The third-order valence-corrected chi connectivity index (χ3v) is 0.797. The largest absolute Gasteiger partial charge is 0.369 e. The maximum Gasteiger partial charge on any atom is 0.207 e. The van der Waals surface area contributed by atoms with Crippen molar-refractivity contribution >= 4 is 18.6 Å². The average Bonchev–Trinajstić information content (AvgIpc) is 1.82. The second-order valence-electron chi connectivity index (χ2n) is 1.39. The predicted molar refractivity (Wildman–Crippen MR) is 38.9 cm³/mol. The van der Waals surface area contributed by atoms with Gasteiger partial charge < -0.3 is 5.73 Å². The van der Waals surface area contributed by atoms with Gasteiger partial charge in [-0.05, 0) is 0 Å². The molecule has 60 valence electrons. The van der Waals surface area contributed by atoms with Gasteiger partial charge in [0.1, 0.15) is 0 Å². The fourth-order valence-corrected chi connectivity index (χ4v) is 0.408. The number of nitrogens with two attached hydrogens (primary N) is 1. The average molecular weight is 166 g/mol. The van der Waals surface area contributed by atoms with E-state index in [9.17, 15) is 0 Å². The lowest BCUT2D eigenvalue weighted by atomic mass is 10.8. The Morgan fingerprint density at radius 1 is 1.70 bits per heavy atom. The van der Waals surface area contributed by atoms with Crippen molar-refractivity contribution < 1.29 is 10.4 Å². The number of nitrogens with one attached hydrogen (secondary N) is 1. The van der Waals surface area contributed by atoms with Crippen LogP contribution in [-0.2, 0) is 0 Å². The van der Waals surface area contributed by atoms with Crippen LogP contribution in [0.5, 0.6) is 0 Å². The third kappa shape index (κ3) is 5.63. The van der Waals surface area contributed by atoms with Crippen LogP contribution >= 0.6 is 12.6 Å². The maximum absolute atomic E-state index is 8.12. The molecule has 0 atom stereocenters. The highest BCUT2D eigenvalue weighted by molar-refractivity contribution is 7.80. The first-order chi connectivity index (χ1) is 4.66. The molecule has 0 aromatic heterocycles. The molecule has 0 aromatic rings. The minimum Gasteiger partial charge on any atom is -0.369 e. The number of hydrazine groups is 1. The zero-order chi connectivity index (χ0) is 7.98. The van der Waals surface area contributed by atoms with E-state index < -0.39 is 0 Å². The van der Waals surface area contributed by atoms with E-state index in [1.807, 2.05) is 5.43 Å². The summed E-state index contributed by atoms with van der Waals surface area (Å²) in [6, 6.07) is 0. The van der Waals surface area contributed by atoms with Crippen LogP contribution in [0.2, 0.25) is 0 Å². The summed E-state index contributed by atoms with van der Waals surface area (Å²) >= 11 is 3.86. The summed E-state index contributed by atoms with van der Waals surface area (Å²) in [5.41, 5.74) is 7.02. The summed E-state index contributed by atoms with van der Waals surface area (Å²) in [6.45, 7) is 0.426. The summed E-state index contributed by atoms with van der Waals surface area (Å²) in [4.78, 5) is 3.63. The fraction of sp³-hybridized carbons (Fsp3) is 0.667. The molecule has 0 bridgehead atoms. The van der Waals surface area contributed by atoms with Crippen LogP contribution in [0.4, 0.5) is 0 Å². The molecule has 0 aliphatic carbocycles. The van der Waals surface area contributed by atoms with Crippen molar-refractivity contribution in [3.8, 4) is 0 Å². The van der Waals surface area contributed by atoms with Crippen LogP contribution in [-0.4, -0.2) is 34.0 Å². The van der Waals surface area contributed by atoms with Crippen molar-refractivity contribution in [1.29, 1.82) is 0 Å². The van der Waals surface area contributed by atoms with Gasteiger partial charge in [-0.1, -0.05) is 0 Å². The molecule has 0 heterocycles. The second kappa shape index (κ2) is 5.30. The van der Waals surface area contributed by atoms with Gasteiger partial charge >= 0.3 is 0 Å². The molecule has 7 heteroatoms. The minimum atomic E-state index is -0.267. The monoisotopic (exact) mass is 166 g/mol. The van der Waals surface area contributed by atoms with Crippen LogP contribution < -0.4 is 11.2 Å². The van der Waals surface area contributed by atoms with Crippen molar-refractivity contribution in [2.45, 2.75) is 0 Å². The minimum absolute atomic E-state index is 0.0703. The van der Waals surface area contributed by atoms with E-state index in [2.05, 4.69) is 17.6 Å². The Labute approximate surface area is 63.6 Å². The Morgan fingerprint density at radius 3 is 2.70 bits per heavy atom. The Morgan fingerprint density at radius 2 is 2.30 bits per heavy atom. The molecular weight excluding hydrogens is 156 g/mol. The quantitative estimate of drug-likeness (QED) is 0.157. The first kappa shape index (κ1) is 9.50. The van der Waals surface area contributed by atoms with Crippen molar-refractivity contribution in [1.82, 2.24) is 10.8 Å². The lowest BCUT2D eigenvalue weighted by molar-refractivity contribution is -0.329. The van der Waals surface area contributed by atoms with Crippen molar-refractivity contribution in [3.63, 3.8) is 0 Å². The maximum atomic E-state index is 8.12. The van der Waals surface area contributed by atoms with Crippen molar-refractivity contribution in [2.24, 2.45) is 10.7 Å². The fourth-order valence-electron chi connectivity index (χ4n) is 0.308. The normalized spacial score (nSPS) is 12.2. The van der Waals surface area contributed by atoms with Gasteiger partial charge in [-0.2, -0.15) is 12.6 Å². The SMILES string of the molecule is NC(=NCCS)NN(O)O. The van der Waals surface area contributed by atoms with E-state index in [1.165, 1.54) is 0 Å². The molecule has 0 rings (SSSR count). The highest BCUT2D eigenvalue weighted by Crippen LogP contribution is 1.74. The van der Waals surface area contributed by atoms with Crippen molar-refractivity contribution in [2.75, 3.05) is 12.3 Å². The second-order valence-corrected chi connectivity index (χ2v) is 1.84.